The second-order valence-corrected chi connectivity index (χ2v) is 13.9. The maximum Gasteiger partial charge on any atom is 0.262 e. The highest BCUT2D eigenvalue weighted by Gasteiger charge is 2.26. The first kappa shape index (κ1) is 30.1. The van der Waals surface area contributed by atoms with Gasteiger partial charge in [0.15, 0.2) is 6.61 Å². The lowest BCUT2D eigenvalue weighted by Gasteiger charge is -2.26. The second kappa shape index (κ2) is 12.9. The maximum atomic E-state index is 13.1. The fourth-order valence-electron chi connectivity index (χ4n) is 4.73. The molecule has 2 fully saturated rings. The number of nitrogens with zero attached hydrogens (tertiary/aromatic N) is 2. The highest BCUT2D eigenvalue weighted by molar-refractivity contribution is 7.92. The van der Waals surface area contributed by atoms with Crippen LogP contribution in [0.2, 0.25) is 5.02 Å². The largest absolute Gasteiger partial charge is 0.484 e. The number of hydrogen-bond acceptors (Lipinski definition) is 8. The molecule has 11 nitrogen and oxygen atoms in total. The van der Waals surface area contributed by atoms with Crippen LogP contribution in [0.15, 0.2) is 76.5 Å². The number of anilines is 3. The van der Waals surface area contributed by atoms with Gasteiger partial charge in [0, 0.05) is 36.9 Å². The Morgan fingerprint density at radius 1 is 0.857 bits per heavy atom. The van der Waals surface area contributed by atoms with Crippen LogP contribution < -0.4 is 19.7 Å². The van der Waals surface area contributed by atoms with E-state index in [-0.39, 0.29) is 16.4 Å². The first-order valence-corrected chi connectivity index (χ1v) is 16.7. The van der Waals surface area contributed by atoms with E-state index in [1.165, 1.54) is 40.7 Å². The Kier molecular flexibility index (Phi) is 9.23. The molecule has 3 aromatic carbocycles. The number of halogens is 1. The summed E-state index contributed by atoms with van der Waals surface area (Å²) in [6.45, 7) is 2.49. The van der Waals surface area contributed by atoms with Crippen LogP contribution in [-0.4, -0.2) is 73.0 Å². The first-order chi connectivity index (χ1) is 20.1. The van der Waals surface area contributed by atoms with E-state index in [0.29, 0.717) is 54.1 Å². The third-order valence-electron chi connectivity index (χ3n) is 6.90. The zero-order chi connectivity index (χ0) is 29.7. The molecule has 0 atom stereocenters. The molecule has 5 rings (SSSR count). The molecule has 14 heteroatoms. The van der Waals surface area contributed by atoms with E-state index >= 15 is 0 Å². The van der Waals surface area contributed by atoms with Crippen LogP contribution in [0.25, 0.3) is 0 Å². The summed E-state index contributed by atoms with van der Waals surface area (Å²) in [4.78, 5) is 15.1. The third-order valence-corrected chi connectivity index (χ3v) is 10.4. The van der Waals surface area contributed by atoms with Gasteiger partial charge in [0.25, 0.3) is 15.9 Å². The van der Waals surface area contributed by atoms with E-state index in [1.54, 1.807) is 30.3 Å². The minimum Gasteiger partial charge on any atom is -0.484 e. The van der Waals surface area contributed by atoms with Gasteiger partial charge in [-0.3, -0.25) is 9.52 Å². The van der Waals surface area contributed by atoms with Crippen molar-refractivity contribution in [3.63, 3.8) is 0 Å². The van der Waals surface area contributed by atoms with Crippen molar-refractivity contribution in [1.82, 2.24) is 4.31 Å². The van der Waals surface area contributed by atoms with Gasteiger partial charge in [0.2, 0.25) is 10.0 Å². The highest BCUT2D eigenvalue weighted by atomic mass is 35.5. The van der Waals surface area contributed by atoms with E-state index in [4.69, 9.17) is 21.1 Å². The monoisotopic (exact) mass is 634 g/mol. The number of carbonyl (C=O) groups excluding carboxylic acids is 1. The molecule has 1 amide bonds. The normalized spacial score (nSPS) is 16.3. The number of sulfonamides is 2. The zero-order valence-electron chi connectivity index (χ0n) is 22.7. The number of hydrogen-bond donors (Lipinski definition) is 2. The standard InChI is InChI=1S/C28H31ClN4O7S2/c29-21-3-5-22(6-4-21)31-41(35,36)25-11-12-27(32-13-1-2-14-32)26(19-25)30-28(34)20-40-23-7-9-24(10-8-23)42(37,38)33-15-17-39-18-16-33/h3-12,19,31H,1-2,13-18,20H2,(H,30,34). The molecule has 2 N–H and O–H groups in total. The number of carbonyl (C=O) groups is 1. The Balaban J connectivity index is 1.28. The van der Waals surface area contributed by atoms with Crippen LogP contribution in [-0.2, 0) is 29.6 Å². The Morgan fingerprint density at radius 2 is 1.50 bits per heavy atom. The summed E-state index contributed by atoms with van der Waals surface area (Å²) in [5, 5.41) is 3.27. The minimum atomic E-state index is -3.96. The van der Waals surface area contributed by atoms with Gasteiger partial charge < -0.3 is 19.7 Å². The zero-order valence-corrected chi connectivity index (χ0v) is 25.1. The number of benzene rings is 3. The molecule has 2 aliphatic rings. The van der Waals surface area contributed by atoms with Gasteiger partial charge in [0.05, 0.1) is 34.4 Å². The van der Waals surface area contributed by atoms with Crippen LogP contribution in [0.5, 0.6) is 5.75 Å². The van der Waals surface area contributed by atoms with Crippen molar-refractivity contribution >= 4 is 54.6 Å². The molecule has 42 heavy (non-hydrogen) atoms. The second-order valence-electron chi connectivity index (χ2n) is 9.81. The van der Waals surface area contributed by atoms with Crippen molar-refractivity contribution in [3.05, 3.63) is 71.8 Å². The summed E-state index contributed by atoms with van der Waals surface area (Å²) >= 11 is 5.91. The molecule has 0 aromatic heterocycles. The number of morpholine rings is 1. The molecule has 2 heterocycles. The molecule has 0 aliphatic carbocycles. The highest BCUT2D eigenvalue weighted by Crippen LogP contribution is 2.32. The average molecular weight is 635 g/mol. The van der Waals surface area contributed by atoms with Gasteiger partial charge in [-0.2, -0.15) is 4.31 Å². The Morgan fingerprint density at radius 3 is 2.17 bits per heavy atom. The summed E-state index contributed by atoms with van der Waals surface area (Å²) < 4.78 is 66.6. The van der Waals surface area contributed by atoms with Crippen molar-refractivity contribution in [3.8, 4) is 5.75 Å². The van der Waals surface area contributed by atoms with Crippen LogP contribution in [0.3, 0.4) is 0 Å². The average Bonchev–Trinajstić information content (AvgIpc) is 3.53. The van der Waals surface area contributed by atoms with Crippen molar-refractivity contribution in [2.45, 2.75) is 22.6 Å². The molecule has 0 bridgehead atoms. The Labute approximate surface area is 250 Å². The van der Waals surface area contributed by atoms with E-state index in [0.717, 1.165) is 25.9 Å². The van der Waals surface area contributed by atoms with E-state index < -0.39 is 26.0 Å². The lowest BCUT2D eigenvalue weighted by Crippen LogP contribution is -2.40. The predicted molar refractivity (Wildman–Crippen MR) is 160 cm³/mol. The van der Waals surface area contributed by atoms with Gasteiger partial charge in [-0.25, -0.2) is 16.8 Å². The number of nitrogens with one attached hydrogen (secondary N) is 2. The summed E-state index contributed by atoms with van der Waals surface area (Å²) in [5.74, 6) is -0.185. The van der Waals surface area contributed by atoms with Crippen LogP contribution in [0.1, 0.15) is 12.8 Å². The van der Waals surface area contributed by atoms with Crippen LogP contribution in [0.4, 0.5) is 17.1 Å². The summed E-state index contributed by atoms with van der Waals surface area (Å²) in [6.07, 6.45) is 1.98. The third kappa shape index (κ3) is 7.16. The van der Waals surface area contributed by atoms with Crippen molar-refractivity contribution in [2.24, 2.45) is 0 Å². The summed E-state index contributed by atoms with van der Waals surface area (Å²) in [6, 6.07) is 16.8. The quantitative estimate of drug-likeness (QED) is 0.344. The topological polar surface area (TPSA) is 134 Å². The molecular weight excluding hydrogens is 604 g/mol. The van der Waals surface area contributed by atoms with Gasteiger partial charge >= 0.3 is 0 Å². The Bertz CT molecular complexity index is 1620. The van der Waals surface area contributed by atoms with Gasteiger partial charge in [0.1, 0.15) is 5.75 Å². The molecule has 2 saturated heterocycles. The van der Waals surface area contributed by atoms with Gasteiger partial charge in [-0.15, -0.1) is 0 Å². The Hall–Kier alpha value is -3.36. The lowest BCUT2D eigenvalue weighted by molar-refractivity contribution is -0.118. The van der Waals surface area contributed by atoms with E-state index in [1.807, 2.05) is 0 Å². The fraction of sp³-hybridized carbons (Fsp3) is 0.321. The van der Waals surface area contributed by atoms with E-state index in [2.05, 4.69) is 14.9 Å². The lowest BCUT2D eigenvalue weighted by atomic mass is 10.2. The molecule has 3 aromatic rings. The molecule has 0 radical (unpaired) electrons. The minimum absolute atomic E-state index is 0.0197. The molecule has 0 spiro atoms. The van der Waals surface area contributed by atoms with Crippen LogP contribution in [0, 0.1) is 0 Å². The first-order valence-electron chi connectivity index (χ1n) is 13.4. The smallest absolute Gasteiger partial charge is 0.262 e. The maximum absolute atomic E-state index is 13.1. The number of amides is 1. The molecular formula is C28H31ClN4O7S2. The van der Waals surface area contributed by atoms with Gasteiger partial charge in [-0.1, -0.05) is 11.6 Å². The predicted octanol–water partition coefficient (Wildman–Crippen LogP) is 3.78. The SMILES string of the molecule is O=C(COc1ccc(S(=O)(=O)N2CCOCC2)cc1)Nc1cc(S(=O)(=O)Nc2ccc(Cl)cc2)ccc1N1CCCC1. The number of rotatable bonds is 10. The van der Waals surface area contributed by atoms with Crippen molar-refractivity contribution < 1.29 is 31.1 Å². The van der Waals surface area contributed by atoms with Gasteiger partial charge in [-0.05, 0) is 79.6 Å². The molecule has 224 valence electrons. The molecule has 0 saturated carbocycles. The molecule has 2 aliphatic heterocycles. The van der Waals surface area contributed by atoms with E-state index in [9.17, 15) is 21.6 Å². The van der Waals surface area contributed by atoms with Crippen molar-refractivity contribution in [2.75, 3.05) is 60.9 Å². The van der Waals surface area contributed by atoms with Crippen molar-refractivity contribution in [1.29, 1.82) is 0 Å². The van der Waals surface area contributed by atoms with Crippen LogP contribution >= 0.6 is 11.6 Å². The molecule has 0 unspecified atom stereocenters. The number of ether oxygens (including phenoxy) is 2. The summed E-state index contributed by atoms with van der Waals surface area (Å²) in [7, 11) is -7.61. The summed E-state index contributed by atoms with van der Waals surface area (Å²) in [5.41, 5.74) is 1.41. The fourth-order valence-corrected chi connectivity index (χ4v) is 7.35.